The first-order valence-electron chi connectivity index (χ1n) is 6.38. The maximum absolute atomic E-state index is 13.1. The van der Waals surface area contributed by atoms with Crippen molar-refractivity contribution in [2.24, 2.45) is 0 Å². The van der Waals surface area contributed by atoms with Crippen LogP contribution in [0.5, 0.6) is 0 Å². The summed E-state index contributed by atoms with van der Waals surface area (Å²) in [5.41, 5.74) is -1.37. The Bertz CT molecular complexity index is 653. The molecule has 1 saturated heterocycles. The third-order valence-electron chi connectivity index (χ3n) is 3.51. The number of nitrogens with one attached hydrogen (secondary N) is 1. The maximum atomic E-state index is 13.1. The topological polar surface area (TPSA) is 92.7 Å². The molecular formula is C13H16FNO5S. The number of carbonyl (C=O) groups is 1. The van der Waals surface area contributed by atoms with Gasteiger partial charge in [-0.1, -0.05) is 0 Å². The maximum Gasteiger partial charge on any atom is 0.325 e. The van der Waals surface area contributed by atoms with Gasteiger partial charge in [-0.05, 0) is 30.7 Å². The van der Waals surface area contributed by atoms with Crippen LogP contribution in [0, 0.1) is 12.7 Å². The lowest BCUT2D eigenvalue weighted by atomic mass is 9.92. The standard InChI is InChI=1S/C13H16FNO5S/c1-9-8-10(14)2-3-11(9)21(18,19)15-13(12(16)17)4-6-20-7-5-13/h2-3,8,15H,4-7H2,1H3,(H,16,17). The summed E-state index contributed by atoms with van der Waals surface area (Å²) in [5.74, 6) is -1.79. The normalized spacial score (nSPS) is 18.4. The number of ether oxygens (including phenoxy) is 1. The highest BCUT2D eigenvalue weighted by Gasteiger charge is 2.44. The molecule has 0 saturated carbocycles. The van der Waals surface area contributed by atoms with E-state index < -0.39 is 27.3 Å². The van der Waals surface area contributed by atoms with Gasteiger partial charge in [-0.3, -0.25) is 4.79 Å². The van der Waals surface area contributed by atoms with Crippen molar-refractivity contribution < 1.29 is 27.4 Å². The molecule has 1 aliphatic heterocycles. The third-order valence-corrected chi connectivity index (χ3v) is 5.21. The average molecular weight is 317 g/mol. The molecule has 0 aromatic heterocycles. The predicted octanol–water partition coefficient (Wildman–Crippen LogP) is 1.05. The summed E-state index contributed by atoms with van der Waals surface area (Å²) < 4.78 is 45.2. The SMILES string of the molecule is Cc1cc(F)ccc1S(=O)(=O)NC1(C(=O)O)CCOCC1. The Balaban J connectivity index is 2.37. The molecule has 1 aromatic rings. The van der Waals surface area contributed by atoms with Crippen LogP contribution in [0.3, 0.4) is 0 Å². The van der Waals surface area contributed by atoms with Gasteiger partial charge < -0.3 is 9.84 Å². The lowest BCUT2D eigenvalue weighted by Crippen LogP contribution is -2.57. The molecule has 0 amide bonds. The highest BCUT2D eigenvalue weighted by Crippen LogP contribution is 2.25. The minimum absolute atomic E-state index is 0.0435. The van der Waals surface area contributed by atoms with Gasteiger partial charge in [0.1, 0.15) is 11.4 Å². The van der Waals surface area contributed by atoms with E-state index in [0.717, 1.165) is 18.2 Å². The molecule has 0 aliphatic carbocycles. The summed E-state index contributed by atoms with van der Waals surface area (Å²) >= 11 is 0. The van der Waals surface area contributed by atoms with Crippen molar-refractivity contribution in [2.75, 3.05) is 13.2 Å². The van der Waals surface area contributed by atoms with Gasteiger partial charge in [-0.2, -0.15) is 4.72 Å². The van der Waals surface area contributed by atoms with Crippen LogP contribution in [0.15, 0.2) is 23.1 Å². The number of halogens is 1. The molecule has 0 radical (unpaired) electrons. The molecule has 2 N–H and O–H groups in total. The Labute approximate surface area is 122 Å². The third kappa shape index (κ3) is 3.22. The lowest BCUT2D eigenvalue weighted by Gasteiger charge is -2.33. The molecule has 1 aliphatic rings. The van der Waals surface area contributed by atoms with E-state index in [4.69, 9.17) is 4.74 Å². The molecule has 6 nitrogen and oxygen atoms in total. The summed E-state index contributed by atoms with van der Waals surface area (Å²) in [5, 5.41) is 9.37. The molecule has 1 aromatic carbocycles. The number of benzene rings is 1. The second-order valence-corrected chi connectivity index (χ2v) is 6.67. The Kier molecular flexibility index (Phi) is 4.31. The van der Waals surface area contributed by atoms with Crippen molar-refractivity contribution in [3.63, 3.8) is 0 Å². The number of carboxylic acids is 1. The van der Waals surface area contributed by atoms with E-state index in [0.29, 0.717) is 0 Å². The van der Waals surface area contributed by atoms with Crippen molar-refractivity contribution >= 4 is 16.0 Å². The number of carboxylic acid groups (broad SMARTS) is 1. The first-order valence-corrected chi connectivity index (χ1v) is 7.86. The Hall–Kier alpha value is -1.51. The van der Waals surface area contributed by atoms with Gasteiger partial charge in [0.25, 0.3) is 0 Å². The highest BCUT2D eigenvalue weighted by molar-refractivity contribution is 7.89. The van der Waals surface area contributed by atoms with E-state index in [-0.39, 0.29) is 36.5 Å². The molecule has 8 heteroatoms. The van der Waals surface area contributed by atoms with E-state index in [9.17, 15) is 22.7 Å². The number of hydrogen-bond donors (Lipinski definition) is 2. The van der Waals surface area contributed by atoms with Crippen LogP contribution in [-0.2, 0) is 19.6 Å². The minimum Gasteiger partial charge on any atom is -0.480 e. The van der Waals surface area contributed by atoms with Gasteiger partial charge in [0.2, 0.25) is 10.0 Å². The fourth-order valence-electron chi connectivity index (χ4n) is 2.31. The zero-order valence-corrected chi connectivity index (χ0v) is 12.2. The van der Waals surface area contributed by atoms with Crippen LogP contribution in [0.2, 0.25) is 0 Å². The van der Waals surface area contributed by atoms with Crippen LogP contribution in [0.4, 0.5) is 4.39 Å². The van der Waals surface area contributed by atoms with E-state index in [2.05, 4.69) is 4.72 Å². The van der Waals surface area contributed by atoms with E-state index in [1.807, 2.05) is 0 Å². The smallest absolute Gasteiger partial charge is 0.325 e. The first-order chi connectivity index (χ1) is 9.77. The van der Waals surface area contributed by atoms with Gasteiger partial charge in [-0.25, -0.2) is 12.8 Å². The van der Waals surface area contributed by atoms with Gasteiger partial charge in [0, 0.05) is 26.1 Å². The number of aryl methyl sites for hydroxylation is 1. The van der Waals surface area contributed by atoms with Crippen molar-refractivity contribution in [1.82, 2.24) is 4.72 Å². The molecule has 2 rings (SSSR count). The Morgan fingerprint density at radius 2 is 2.00 bits per heavy atom. The van der Waals surface area contributed by atoms with Crippen LogP contribution in [0.25, 0.3) is 0 Å². The van der Waals surface area contributed by atoms with E-state index >= 15 is 0 Å². The number of sulfonamides is 1. The van der Waals surface area contributed by atoms with Gasteiger partial charge >= 0.3 is 5.97 Å². The zero-order valence-electron chi connectivity index (χ0n) is 11.4. The lowest BCUT2D eigenvalue weighted by molar-refractivity contribution is -0.147. The zero-order chi connectivity index (χ0) is 15.7. The van der Waals surface area contributed by atoms with Crippen molar-refractivity contribution in [3.05, 3.63) is 29.6 Å². The van der Waals surface area contributed by atoms with E-state index in [1.165, 1.54) is 6.92 Å². The van der Waals surface area contributed by atoms with Crippen LogP contribution in [-0.4, -0.2) is 38.2 Å². The predicted molar refractivity (Wildman–Crippen MR) is 71.9 cm³/mol. The molecule has 21 heavy (non-hydrogen) atoms. The molecule has 0 spiro atoms. The number of aliphatic carboxylic acids is 1. The number of rotatable bonds is 4. The summed E-state index contributed by atoms with van der Waals surface area (Å²) in [7, 11) is -4.06. The second-order valence-electron chi connectivity index (χ2n) is 5.01. The molecule has 0 unspecified atom stereocenters. The molecule has 1 fully saturated rings. The molecule has 0 bridgehead atoms. The summed E-state index contributed by atoms with van der Waals surface area (Å²) in [4.78, 5) is 11.4. The molecule has 116 valence electrons. The monoisotopic (exact) mass is 317 g/mol. The average Bonchev–Trinajstić information content (AvgIpc) is 2.38. The fourth-order valence-corrected chi connectivity index (χ4v) is 3.95. The molecular weight excluding hydrogens is 301 g/mol. The summed E-state index contributed by atoms with van der Waals surface area (Å²) in [6.45, 7) is 1.78. The van der Waals surface area contributed by atoms with Crippen LogP contribution in [0.1, 0.15) is 18.4 Å². The van der Waals surface area contributed by atoms with Crippen molar-refractivity contribution in [2.45, 2.75) is 30.2 Å². The number of hydrogen-bond acceptors (Lipinski definition) is 4. The van der Waals surface area contributed by atoms with Gasteiger partial charge in [0.05, 0.1) is 4.90 Å². The summed E-state index contributed by atoms with van der Waals surface area (Å²) in [6.07, 6.45) is 0.0869. The first kappa shape index (κ1) is 15.9. The molecule has 0 atom stereocenters. The van der Waals surface area contributed by atoms with Crippen molar-refractivity contribution in [1.29, 1.82) is 0 Å². The highest BCUT2D eigenvalue weighted by atomic mass is 32.2. The van der Waals surface area contributed by atoms with Gasteiger partial charge in [-0.15, -0.1) is 0 Å². The largest absolute Gasteiger partial charge is 0.480 e. The van der Waals surface area contributed by atoms with Crippen LogP contribution >= 0.6 is 0 Å². The summed E-state index contributed by atoms with van der Waals surface area (Å²) in [6, 6.07) is 3.24. The second kappa shape index (κ2) is 5.70. The fraction of sp³-hybridized carbons (Fsp3) is 0.462. The van der Waals surface area contributed by atoms with Crippen molar-refractivity contribution in [3.8, 4) is 0 Å². The Morgan fingerprint density at radius 1 is 1.38 bits per heavy atom. The van der Waals surface area contributed by atoms with Crippen LogP contribution < -0.4 is 4.72 Å². The van der Waals surface area contributed by atoms with Gasteiger partial charge in [0.15, 0.2) is 0 Å². The van der Waals surface area contributed by atoms with E-state index in [1.54, 1.807) is 0 Å². The minimum atomic E-state index is -4.06. The quantitative estimate of drug-likeness (QED) is 0.866. The Morgan fingerprint density at radius 3 is 2.52 bits per heavy atom. The molecule has 1 heterocycles.